The molecule has 0 aliphatic rings. The van der Waals surface area contributed by atoms with Crippen molar-refractivity contribution in [2.75, 3.05) is 5.32 Å². The van der Waals surface area contributed by atoms with E-state index in [2.05, 4.69) is 20.4 Å². The molecule has 0 bridgehead atoms. The van der Waals surface area contributed by atoms with E-state index in [4.69, 9.17) is 0 Å². The largest absolute Gasteiger partial charge is 0.417 e. The van der Waals surface area contributed by atoms with Crippen molar-refractivity contribution in [2.24, 2.45) is 0 Å². The molecule has 0 atom stereocenters. The average molecular weight is 325 g/mol. The Morgan fingerprint density at radius 3 is 2.68 bits per heavy atom. The number of aromatic nitrogens is 4. The Labute approximate surface area is 127 Å². The number of thiophene rings is 1. The standard InChI is InChI=1S/C13H10F3N5S/c14-13(15,16)9-6-10(22-8-9)7-19-11-2-5-21(20-11)12-17-3-1-4-18-12/h1-6,8H,7H2,(H,19,20). The third kappa shape index (κ3) is 3.25. The number of hydrogen-bond donors (Lipinski definition) is 1. The maximum Gasteiger partial charge on any atom is 0.417 e. The Morgan fingerprint density at radius 1 is 1.23 bits per heavy atom. The lowest BCUT2D eigenvalue weighted by atomic mass is 10.3. The third-order valence-electron chi connectivity index (χ3n) is 2.77. The molecule has 3 aromatic heterocycles. The Hall–Kier alpha value is -2.42. The molecule has 0 aliphatic carbocycles. The van der Waals surface area contributed by atoms with E-state index < -0.39 is 11.7 Å². The summed E-state index contributed by atoms with van der Waals surface area (Å²) < 4.78 is 39.0. The Balaban J connectivity index is 1.65. The van der Waals surface area contributed by atoms with Gasteiger partial charge in [-0.2, -0.15) is 13.2 Å². The van der Waals surface area contributed by atoms with Crippen LogP contribution in [0.5, 0.6) is 0 Å². The molecular weight excluding hydrogens is 315 g/mol. The molecule has 0 saturated heterocycles. The van der Waals surface area contributed by atoms with Gasteiger partial charge in [0.2, 0.25) is 5.95 Å². The highest BCUT2D eigenvalue weighted by atomic mass is 32.1. The van der Waals surface area contributed by atoms with Gasteiger partial charge in [0.05, 0.1) is 12.1 Å². The van der Waals surface area contributed by atoms with E-state index in [9.17, 15) is 13.2 Å². The number of halogens is 3. The maximum absolute atomic E-state index is 12.5. The summed E-state index contributed by atoms with van der Waals surface area (Å²) in [5.41, 5.74) is -0.627. The third-order valence-corrected chi connectivity index (χ3v) is 3.71. The van der Waals surface area contributed by atoms with Crippen LogP contribution in [-0.2, 0) is 12.7 Å². The van der Waals surface area contributed by atoms with Gasteiger partial charge in [0.15, 0.2) is 0 Å². The quantitative estimate of drug-likeness (QED) is 0.799. The number of alkyl halides is 3. The number of nitrogens with one attached hydrogen (secondary N) is 1. The zero-order valence-corrected chi connectivity index (χ0v) is 11.9. The highest BCUT2D eigenvalue weighted by molar-refractivity contribution is 7.10. The molecule has 22 heavy (non-hydrogen) atoms. The van der Waals surface area contributed by atoms with Crippen LogP contribution < -0.4 is 5.32 Å². The SMILES string of the molecule is FC(F)(F)c1csc(CNc2ccn(-c3ncccn3)n2)c1. The fourth-order valence-corrected chi connectivity index (χ4v) is 2.57. The fraction of sp³-hybridized carbons (Fsp3) is 0.154. The molecule has 0 fully saturated rings. The maximum atomic E-state index is 12.5. The zero-order chi connectivity index (χ0) is 15.6. The van der Waals surface area contributed by atoms with Gasteiger partial charge in [-0.3, -0.25) is 0 Å². The second-order valence-electron chi connectivity index (χ2n) is 4.35. The van der Waals surface area contributed by atoms with E-state index in [-0.39, 0.29) is 6.54 Å². The summed E-state index contributed by atoms with van der Waals surface area (Å²) in [6.07, 6.45) is 0.567. The summed E-state index contributed by atoms with van der Waals surface area (Å²) in [6, 6.07) is 4.53. The molecule has 0 aliphatic heterocycles. The lowest BCUT2D eigenvalue weighted by Crippen LogP contribution is -2.04. The average Bonchev–Trinajstić information content (AvgIpc) is 3.15. The highest BCUT2D eigenvalue weighted by Gasteiger charge is 2.31. The van der Waals surface area contributed by atoms with Crippen LogP contribution in [0.15, 0.2) is 42.2 Å². The number of hydrogen-bond acceptors (Lipinski definition) is 5. The van der Waals surface area contributed by atoms with Gasteiger partial charge in [0, 0.05) is 34.9 Å². The van der Waals surface area contributed by atoms with Gasteiger partial charge in [-0.15, -0.1) is 16.4 Å². The summed E-state index contributed by atoms with van der Waals surface area (Å²) in [4.78, 5) is 8.68. The highest BCUT2D eigenvalue weighted by Crippen LogP contribution is 2.32. The second kappa shape index (κ2) is 5.76. The normalized spacial score (nSPS) is 11.6. The summed E-state index contributed by atoms with van der Waals surface area (Å²) in [5, 5.41) is 8.29. The predicted octanol–water partition coefficient (Wildman–Crippen LogP) is 3.35. The van der Waals surface area contributed by atoms with Crippen molar-refractivity contribution in [1.29, 1.82) is 0 Å². The molecule has 0 unspecified atom stereocenters. The monoisotopic (exact) mass is 325 g/mol. The smallest absolute Gasteiger partial charge is 0.364 e. The topological polar surface area (TPSA) is 55.6 Å². The molecule has 0 saturated carbocycles. The van der Waals surface area contributed by atoms with Crippen LogP contribution in [0.4, 0.5) is 19.0 Å². The molecular formula is C13H10F3N5S. The first kappa shape index (κ1) is 14.5. The molecule has 9 heteroatoms. The Kier molecular flexibility index (Phi) is 3.80. The van der Waals surface area contributed by atoms with E-state index in [0.29, 0.717) is 16.6 Å². The minimum atomic E-state index is -4.30. The minimum Gasteiger partial charge on any atom is -0.364 e. The van der Waals surface area contributed by atoms with Crippen molar-refractivity contribution < 1.29 is 13.2 Å². The number of anilines is 1. The van der Waals surface area contributed by atoms with Gasteiger partial charge in [0.1, 0.15) is 5.82 Å². The fourth-order valence-electron chi connectivity index (χ4n) is 1.74. The molecule has 3 rings (SSSR count). The van der Waals surface area contributed by atoms with Gasteiger partial charge in [-0.1, -0.05) is 0 Å². The van der Waals surface area contributed by atoms with Crippen LogP contribution in [-0.4, -0.2) is 19.7 Å². The molecule has 5 nitrogen and oxygen atoms in total. The summed E-state index contributed by atoms with van der Waals surface area (Å²) in [5.74, 6) is 0.959. The molecule has 1 N–H and O–H groups in total. The Bertz CT molecular complexity index is 750. The van der Waals surface area contributed by atoms with Crippen molar-refractivity contribution in [2.45, 2.75) is 12.7 Å². The van der Waals surface area contributed by atoms with Crippen molar-refractivity contribution in [3.63, 3.8) is 0 Å². The zero-order valence-electron chi connectivity index (χ0n) is 11.1. The van der Waals surface area contributed by atoms with E-state index in [1.54, 1.807) is 30.7 Å². The van der Waals surface area contributed by atoms with Gasteiger partial charge >= 0.3 is 6.18 Å². The number of nitrogens with zero attached hydrogens (tertiary/aromatic N) is 4. The molecule has 3 aromatic rings. The summed E-state index contributed by atoms with van der Waals surface area (Å²) >= 11 is 1.06. The van der Waals surface area contributed by atoms with Crippen LogP contribution in [0.2, 0.25) is 0 Å². The lowest BCUT2D eigenvalue weighted by molar-refractivity contribution is -0.137. The van der Waals surface area contributed by atoms with E-state index in [1.165, 1.54) is 4.68 Å². The van der Waals surface area contributed by atoms with Crippen LogP contribution in [0.1, 0.15) is 10.4 Å². The van der Waals surface area contributed by atoms with Gasteiger partial charge in [0.25, 0.3) is 0 Å². The summed E-state index contributed by atoms with van der Waals surface area (Å²) in [6.45, 7) is 0.271. The van der Waals surface area contributed by atoms with Crippen molar-refractivity contribution >= 4 is 17.2 Å². The first-order valence-electron chi connectivity index (χ1n) is 6.24. The molecule has 0 amide bonds. The van der Waals surface area contributed by atoms with E-state index in [0.717, 1.165) is 22.8 Å². The van der Waals surface area contributed by atoms with Gasteiger partial charge in [-0.25, -0.2) is 14.6 Å². The van der Waals surface area contributed by atoms with Crippen molar-refractivity contribution in [3.8, 4) is 5.95 Å². The van der Waals surface area contributed by atoms with Crippen LogP contribution in [0, 0.1) is 0 Å². The first-order valence-corrected chi connectivity index (χ1v) is 7.12. The molecule has 0 aromatic carbocycles. The van der Waals surface area contributed by atoms with Crippen LogP contribution in [0.3, 0.4) is 0 Å². The molecule has 0 spiro atoms. The van der Waals surface area contributed by atoms with Crippen LogP contribution in [0.25, 0.3) is 5.95 Å². The molecule has 3 heterocycles. The van der Waals surface area contributed by atoms with Crippen molar-refractivity contribution in [1.82, 2.24) is 19.7 Å². The van der Waals surface area contributed by atoms with E-state index in [1.807, 2.05) is 0 Å². The predicted molar refractivity (Wildman–Crippen MR) is 75.8 cm³/mol. The molecule has 114 valence electrons. The van der Waals surface area contributed by atoms with Gasteiger partial charge < -0.3 is 5.32 Å². The van der Waals surface area contributed by atoms with Crippen LogP contribution >= 0.6 is 11.3 Å². The second-order valence-corrected chi connectivity index (χ2v) is 5.34. The first-order chi connectivity index (χ1) is 10.5. The van der Waals surface area contributed by atoms with E-state index >= 15 is 0 Å². The van der Waals surface area contributed by atoms with Gasteiger partial charge in [-0.05, 0) is 12.1 Å². The Morgan fingerprint density at radius 2 is 2.00 bits per heavy atom. The number of rotatable bonds is 4. The minimum absolute atomic E-state index is 0.271. The molecule has 0 radical (unpaired) electrons. The summed E-state index contributed by atoms with van der Waals surface area (Å²) in [7, 11) is 0. The van der Waals surface area contributed by atoms with Crippen molar-refractivity contribution in [3.05, 3.63) is 52.6 Å². The lowest BCUT2D eigenvalue weighted by Gasteiger charge is -2.02.